The highest BCUT2D eigenvalue weighted by Gasteiger charge is 2.04. The van der Waals surface area contributed by atoms with Gasteiger partial charge in [-0.15, -0.1) is 12.4 Å². The molecule has 0 fully saturated rings. The summed E-state index contributed by atoms with van der Waals surface area (Å²) in [5.41, 5.74) is 6.74. The number of nitrogens with two attached hydrogens (primary N) is 1. The van der Waals surface area contributed by atoms with Crippen LogP contribution in [0.1, 0.15) is 12.5 Å². The molecule has 0 amide bonds. The zero-order valence-electron chi connectivity index (χ0n) is 7.97. The van der Waals surface area contributed by atoms with Crippen LogP contribution in [0.15, 0.2) is 18.2 Å². The maximum Gasteiger partial charge on any atom is 0.120 e. The van der Waals surface area contributed by atoms with Gasteiger partial charge in [-0.05, 0) is 18.2 Å². The molecule has 1 aromatic carbocycles. The molecule has 0 aliphatic rings. The minimum Gasteiger partial charge on any atom is -0.508 e. The van der Waals surface area contributed by atoms with Crippen LogP contribution < -0.4 is 5.73 Å². The molecule has 4 N–H and O–H groups in total. The van der Waals surface area contributed by atoms with Gasteiger partial charge in [-0.2, -0.15) is 5.06 Å². The SMILES string of the molecule is CCN(O)Cc1cc(N)ccc1O.Cl. The van der Waals surface area contributed by atoms with E-state index in [9.17, 15) is 10.3 Å². The van der Waals surface area contributed by atoms with E-state index in [1.54, 1.807) is 12.1 Å². The second-order valence-corrected chi connectivity index (χ2v) is 2.87. The molecule has 0 aromatic heterocycles. The van der Waals surface area contributed by atoms with Crippen LogP contribution in [-0.2, 0) is 6.54 Å². The molecule has 4 nitrogen and oxygen atoms in total. The fourth-order valence-electron chi connectivity index (χ4n) is 1.04. The normalized spacial score (nSPS) is 9.93. The van der Waals surface area contributed by atoms with E-state index in [1.807, 2.05) is 6.92 Å². The first-order valence-corrected chi connectivity index (χ1v) is 4.14. The van der Waals surface area contributed by atoms with E-state index < -0.39 is 0 Å². The lowest BCUT2D eigenvalue weighted by molar-refractivity contribution is -0.0949. The number of phenolic OH excluding ortho intramolecular Hbond substituents is 1. The number of hydroxylamine groups is 2. The van der Waals surface area contributed by atoms with Gasteiger partial charge in [0.05, 0.1) is 6.54 Å². The maximum atomic E-state index is 9.39. The van der Waals surface area contributed by atoms with Gasteiger partial charge in [0.1, 0.15) is 5.75 Å². The summed E-state index contributed by atoms with van der Waals surface area (Å²) in [6, 6.07) is 4.79. The first-order valence-electron chi connectivity index (χ1n) is 4.14. The summed E-state index contributed by atoms with van der Waals surface area (Å²) < 4.78 is 0. The van der Waals surface area contributed by atoms with Crippen LogP contribution in [0.5, 0.6) is 5.75 Å². The Hall–Kier alpha value is -0.970. The number of aromatic hydroxyl groups is 1. The summed E-state index contributed by atoms with van der Waals surface area (Å²) in [6.45, 7) is 2.62. The van der Waals surface area contributed by atoms with Gasteiger partial charge < -0.3 is 16.0 Å². The van der Waals surface area contributed by atoms with Crippen molar-refractivity contribution in [3.63, 3.8) is 0 Å². The van der Waals surface area contributed by atoms with Gasteiger partial charge in [-0.1, -0.05) is 6.92 Å². The predicted octanol–water partition coefficient (Wildman–Crippen LogP) is 1.61. The predicted molar refractivity (Wildman–Crippen MR) is 57.6 cm³/mol. The fraction of sp³-hybridized carbons (Fsp3) is 0.333. The Morgan fingerprint density at radius 1 is 1.43 bits per heavy atom. The highest BCUT2D eigenvalue weighted by atomic mass is 35.5. The zero-order valence-corrected chi connectivity index (χ0v) is 8.79. The van der Waals surface area contributed by atoms with Gasteiger partial charge >= 0.3 is 0 Å². The lowest BCUT2D eigenvalue weighted by atomic mass is 10.2. The van der Waals surface area contributed by atoms with Crippen molar-refractivity contribution in [2.45, 2.75) is 13.5 Å². The molecule has 0 aliphatic heterocycles. The number of nitrogens with zero attached hydrogens (tertiary/aromatic N) is 1. The Morgan fingerprint density at radius 2 is 2.07 bits per heavy atom. The van der Waals surface area contributed by atoms with E-state index in [-0.39, 0.29) is 24.7 Å². The average molecular weight is 219 g/mol. The standard InChI is InChI=1S/C9H14N2O2.ClH/c1-2-11(13)6-7-5-8(10)3-4-9(7)12;/h3-5,12-13H,2,6,10H2,1H3;1H. The molecular weight excluding hydrogens is 204 g/mol. The molecule has 1 aromatic rings. The van der Waals surface area contributed by atoms with E-state index in [2.05, 4.69) is 0 Å². The summed E-state index contributed by atoms with van der Waals surface area (Å²) >= 11 is 0. The average Bonchev–Trinajstić information content (AvgIpc) is 2.11. The van der Waals surface area contributed by atoms with Crippen molar-refractivity contribution in [3.8, 4) is 5.75 Å². The summed E-state index contributed by atoms with van der Waals surface area (Å²) in [4.78, 5) is 0. The largest absolute Gasteiger partial charge is 0.508 e. The summed E-state index contributed by atoms with van der Waals surface area (Å²) in [7, 11) is 0. The van der Waals surface area contributed by atoms with Crippen LogP contribution in [0, 0.1) is 0 Å². The zero-order chi connectivity index (χ0) is 9.84. The topological polar surface area (TPSA) is 69.7 Å². The van der Waals surface area contributed by atoms with Gasteiger partial charge in [0.2, 0.25) is 0 Å². The third-order valence-electron chi connectivity index (χ3n) is 1.82. The molecule has 0 aliphatic carbocycles. The van der Waals surface area contributed by atoms with Crippen LogP contribution >= 0.6 is 12.4 Å². The number of nitrogen functional groups attached to an aromatic ring is 1. The number of hydrogen-bond acceptors (Lipinski definition) is 4. The number of benzene rings is 1. The molecule has 14 heavy (non-hydrogen) atoms. The van der Waals surface area contributed by atoms with E-state index in [4.69, 9.17) is 5.73 Å². The molecule has 80 valence electrons. The Morgan fingerprint density at radius 3 is 2.64 bits per heavy atom. The maximum absolute atomic E-state index is 9.39. The lowest BCUT2D eigenvalue weighted by Gasteiger charge is -2.13. The number of hydrogen-bond donors (Lipinski definition) is 3. The Kier molecular flexibility index (Phi) is 5.30. The van der Waals surface area contributed by atoms with E-state index >= 15 is 0 Å². The van der Waals surface area contributed by atoms with Crippen LogP contribution in [0.3, 0.4) is 0 Å². The molecule has 0 heterocycles. The number of halogens is 1. The summed E-state index contributed by atoms with van der Waals surface area (Å²) in [5.74, 6) is 0.154. The highest BCUT2D eigenvalue weighted by Crippen LogP contribution is 2.20. The second kappa shape index (κ2) is 5.70. The van der Waals surface area contributed by atoms with Crippen molar-refractivity contribution in [3.05, 3.63) is 23.8 Å². The van der Waals surface area contributed by atoms with Gasteiger partial charge in [0, 0.05) is 17.8 Å². The van der Waals surface area contributed by atoms with Crippen molar-refractivity contribution in [1.29, 1.82) is 0 Å². The molecule has 0 unspecified atom stereocenters. The first kappa shape index (κ1) is 13.0. The van der Waals surface area contributed by atoms with Crippen LogP contribution in [0.2, 0.25) is 0 Å². The molecule has 0 saturated carbocycles. The molecule has 0 saturated heterocycles. The van der Waals surface area contributed by atoms with Gasteiger partial charge in [-0.25, -0.2) is 0 Å². The monoisotopic (exact) mass is 218 g/mol. The molecule has 0 atom stereocenters. The fourth-order valence-corrected chi connectivity index (χ4v) is 1.04. The van der Waals surface area contributed by atoms with Crippen molar-refractivity contribution < 1.29 is 10.3 Å². The van der Waals surface area contributed by atoms with E-state index in [0.29, 0.717) is 17.8 Å². The van der Waals surface area contributed by atoms with Gasteiger partial charge in [0.25, 0.3) is 0 Å². The number of phenols is 1. The quantitative estimate of drug-likeness (QED) is 0.410. The first-order chi connectivity index (χ1) is 6.13. The number of anilines is 1. The smallest absolute Gasteiger partial charge is 0.120 e. The Bertz CT molecular complexity index is 294. The van der Waals surface area contributed by atoms with Gasteiger partial charge in [0.15, 0.2) is 0 Å². The minimum absolute atomic E-state index is 0. The van der Waals surface area contributed by atoms with Crippen molar-refractivity contribution in [1.82, 2.24) is 5.06 Å². The Balaban J connectivity index is 0.00000169. The van der Waals surface area contributed by atoms with Crippen molar-refractivity contribution >= 4 is 18.1 Å². The van der Waals surface area contributed by atoms with Gasteiger partial charge in [-0.3, -0.25) is 0 Å². The van der Waals surface area contributed by atoms with Crippen LogP contribution in [0.25, 0.3) is 0 Å². The highest BCUT2D eigenvalue weighted by molar-refractivity contribution is 5.85. The Labute approximate surface area is 89.3 Å². The summed E-state index contributed by atoms with van der Waals surface area (Å²) in [6.07, 6.45) is 0. The molecule has 1 rings (SSSR count). The number of rotatable bonds is 3. The van der Waals surface area contributed by atoms with E-state index in [0.717, 1.165) is 5.06 Å². The minimum atomic E-state index is 0. The molecule has 0 radical (unpaired) electrons. The second-order valence-electron chi connectivity index (χ2n) is 2.87. The lowest BCUT2D eigenvalue weighted by Crippen LogP contribution is -2.17. The third kappa shape index (κ3) is 3.41. The molecule has 5 heteroatoms. The van der Waals surface area contributed by atoms with E-state index in [1.165, 1.54) is 6.07 Å². The van der Waals surface area contributed by atoms with Crippen molar-refractivity contribution in [2.75, 3.05) is 12.3 Å². The third-order valence-corrected chi connectivity index (χ3v) is 1.82. The molecule has 0 spiro atoms. The molecular formula is C9H15ClN2O2. The summed E-state index contributed by atoms with van der Waals surface area (Å²) in [5, 5.41) is 19.7. The van der Waals surface area contributed by atoms with Crippen molar-refractivity contribution in [2.24, 2.45) is 0 Å². The van der Waals surface area contributed by atoms with Crippen LogP contribution in [0.4, 0.5) is 5.69 Å². The van der Waals surface area contributed by atoms with Crippen LogP contribution in [-0.4, -0.2) is 21.9 Å². The molecule has 0 bridgehead atoms.